The van der Waals surface area contributed by atoms with Gasteiger partial charge in [-0.25, -0.2) is 4.79 Å². The van der Waals surface area contributed by atoms with E-state index in [-0.39, 0.29) is 6.03 Å². The Morgan fingerprint density at radius 1 is 1.26 bits per heavy atom. The van der Waals surface area contributed by atoms with Crippen molar-refractivity contribution in [2.24, 2.45) is 0 Å². The number of benzene rings is 1. The van der Waals surface area contributed by atoms with Crippen LogP contribution in [-0.4, -0.2) is 32.1 Å². The molecule has 5 nitrogen and oxygen atoms in total. The van der Waals surface area contributed by atoms with Crippen LogP contribution in [0.2, 0.25) is 0 Å². The van der Waals surface area contributed by atoms with Crippen LogP contribution in [0.4, 0.5) is 10.5 Å². The molecule has 0 aliphatic rings. The number of rotatable bonds is 7. The second-order valence-corrected chi connectivity index (χ2v) is 4.04. The van der Waals surface area contributed by atoms with Crippen molar-refractivity contribution >= 4 is 11.7 Å². The van der Waals surface area contributed by atoms with E-state index in [0.717, 1.165) is 11.3 Å². The summed E-state index contributed by atoms with van der Waals surface area (Å²) in [4.78, 5) is 11.7. The lowest BCUT2D eigenvalue weighted by Crippen LogP contribution is -2.37. The van der Waals surface area contributed by atoms with Crippen molar-refractivity contribution in [3.8, 4) is 0 Å². The van der Waals surface area contributed by atoms with Gasteiger partial charge in [-0.15, -0.1) is 0 Å². The van der Waals surface area contributed by atoms with Crippen molar-refractivity contribution < 1.29 is 14.3 Å². The fraction of sp³-hybridized carbons (Fsp3) is 0.500. The van der Waals surface area contributed by atoms with Crippen molar-refractivity contribution in [2.75, 3.05) is 25.1 Å². The monoisotopic (exact) mass is 266 g/mol. The van der Waals surface area contributed by atoms with E-state index in [1.807, 2.05) is 45.0 Å². The van der Waals surface area contributed by atoms with Crippen molar-refractivity contribution in [3.05, 3.63) is 29.8 Å². The number of anilines is 1. The maximum atomic E-state index is 11.7. The van der Waals surface area contributed by atoms with Gasteiger partial charge in [0.25, 0.3) is 0 Å². The summed E-state index contributed by atoms with van der Waals surface area (Å²) in [6.45, 7) is 7.16. The molecule has 0 heterocycles. The zero-order valence-electron chi connectivity index (χ0n) is 11.7. The Kier molecular flexibility index (Phi) is 6.92. The Bertz CT molecular complexity index is 390. The molecule has 0 bridgehead atoms. The molecule has 1 aromatic carbocycles. The topological polar surface area (TPSA) is 59.6 Å². The molecule has 0 aromatic heterocycles. The Balaban J connectivity index is 2.38. The maximum Gasteiger partial charge on any atom is 0.319 e. The number of aryl methyl sites for hydroxylation is 1. The van der Waals surface area contributed by atoms with Gasteiger partial charge in [0.1, 0.15) is 0 Å². The molecule has 106 valence electrons. The van der Waals surface area contributed by atoms with Gasteiger partial charge in [-0.1, -0.05) is 12.1 Å². The molecule has 5 heteroatoms. The number of ether oxygens (including phenoxy) is 2. The number of carbonyl (C=O) groups is 1. The van der Waals surface area contributed by atoms with Crippen LogP contribution in [0.15, 0.2) is 24.3 Å². The molecule has 0 fully saturated rings. The molecule has 1 rings (SSSR count). The SMILES string of the molecule is CCOC(CNC(=O)Nc1cccc(C)c1)OCC. The molecule has 0 unspecified atom stereocenters. The van der Waals surface area contributed by atoms with Gasteiger partial charge in [-0.3, -0.25) is 0 Å². The molecule has 0 radical (unpaired) electrons. The van der Waals surface area contributed by atoms with Crippen LogP contribution in [0.25, 0.3) is 0 Å². The lowest BCUT2D eigenvalue weighted by Gasteiger charge is -2.17. The van der Waals surface area contributed by atoms with E-state index in [4.69, 9.17) is 9.47 Å². The van der Waals surface area contributed by atoms with Crippen LogP contribution in [0.3, 0.4) is 0 Å². The Hall–Kier alpha value is -1.59. The summed E-state index contributed by atoms with van der Waals surface area (Å²) in [5, 5.41) is 5.48. The first-order chi connectivity index (χ1) is 9.15. The van der Waals surface area contributed by atoms with E-state index in [9.17, 15) is 4.79 Å². The first-order valence-electron chi connectivity index (χ1n) is 6.50. The molecular formula is C14H22N2O3. The van der Waals surface area contributed by atoms with Crippen molar-refractivity contribution in [3.63, 3.8) is 0 Å². The van der Waals surface area contributed by atoms with Crippen LogP contribution in [0.1, 0.15) is 19.4 Å². The Labute approximate surface area is 114 Å². The lowest BCUT2D eigenvalue weighted by molar-refractivity contribution is -0.131. The van der Waals surface area contributed by atoms with E-state index in [2.05, 4.69) is 10.6 Å². The quantitative estimate of drug-likeness (QED) is 0.745. The third-order valence-electron chi connectivity index (χ3n) is 2.41. The van der Waals surface area contributed by atoms with Gasteiger partial charge in [0.15, 0.2) is 6.29 Å². The molecule has 1 aromatic rings. The van der Waals surface area contributed by atoms with Gasteiger partial charge in [-0.2, -0.15) is 0 Å². The van der Waals surface area contributed by atoms with Gasteiger partial charge in [0, 0.05) is 18.9 Å². The third kappa shape index (κ3) is 6.22. The molecule has 0 aliphatic carbocycles. The summed E-state index contributed by atoms with van der Waals surface area (Å²) in [7, 11) is 0. The van der Waals surface area contributed by atoms with Crippen LogP contribution in [0, 0.1) is 6.92 Å². The highest BCUT2D eigenvalue weighted by Crippen LogP contribution is 2.08. The third-order valence-corrected chi connectivity index (χ3v) is 2.41. The summed E-state index contributed by atoms with van der Waals surface area (Å²) < 4.78 is 10.7. The predicted molar refractivity (Wildman–Crippen MR) is 75.2 cm³/mol. The second-order valence-electron chi connectivity index (χ2n) is 4.04. The van der Waals surface area contributed by atoms with Crippen molar-refractivity contribution in [1.29, 1.82) is 0 Å². The minimum Gasteiger partial charge on any atom is -0.351 e. The van der Waals surface area contributed by atoms with Crippen molar-refractivity contribution in [1.82, 2.24) is 5.32 Å². The minimum atomic E-state index is -0.404. The zero-order chi connectivity index (χ0) is 14.1. The summed E-state index contributed by atoms with van der Waals surface area (Å²) in [6.07, 6.45) is -0.404. The highest BCUT2D eigenvalue weighted by atomic mass is 16.7. The first-order valence-corrected chi connectivity index (χ1v) is 6.50. The standard InChI is InChI=1S/C14H22N2O3/c1-4-18-13(19-5-2)10-15-14(17)16-12-8-6-7-11(3)9-12/h6-9,13H,4-5,10H2,1-3H3,(H2,15,16,17). The minimum absolute atomic E-state index is 0.269. The largest absolute Gasteiger partial charge is 0.351 e. The summed E-state index contributed by atoms with van der Waals surface area (Å²) >= 11 is 0. The second kappa shape index (κ2) is 8.50. The average molecular weight is 266 g/mol. The highest BCUT2D eigenvalue weighted by Gasteiger charge is 2.09. The Morgan fingerprint density at radius 2 is 1.95 bits per heavy atom. The van der Waals surface area contributed by atoms with Gasteiger partial charge in [-0.05, 0) is 38.5 Å². The predicted octanol–water partition coefficient (Wildman–Crippen LogP) is 2.52. The Morgan fingerprint density at radius 3 is 2.53 bits per heavy atom. The first kappa shape index (κ1) is 15.5. The van der Waals surface area contributed by atoms with E-state index >= 15 is 0 Å². The fourth-order valence-corrected chi connectivity index (χ4v) is 1.61. The molecular weight excluding hydrogens is 244 g/mol. The van der Waals surface area contributed by atoms with Gasteiger partial charge < -0.3 is 20.1 Å². The molecule has 2 N–H and O–H groups in total. The number of nitrogens with one attached hydrogen (secondary N) is 2. The summed E-state index contributed by atoms with van der Waals surface area (Å²) in [5.41, 5.74) is 1.86. The highest BCUT2D eigenvalue weighted by molar-refractivity contribution is 5.89. The number of hydrogen-bond acceptors (Lipinski definition) is 3. The molecule has 0 aliphatic heterocycles. The van der Waals surface area contributed by atoms with Crippen LogP contribution < -0.4 is 10.6 Å². The molecule has 0 atom stereocenters. The molecule has 2 amide bonds. The smallest absolute Gasteiger partial charge is 0.319 e. The van der Waals surface area contributed by atoms with Crippen LogP contribution in [-0.2, 0) is 9.47 Å². The molecule has 0 spiro atoms. The van der Waals surface area contributed by atoms with E-state index in [0.29, 0.717) is 19.8 Å². The van der Waals surface area contributed by atoms with Gasteiger partial charge >= 0.3 is 6.03 Å². The maximum absolute atomic E-state index is 11.7. The summed E-state index contributed by atoms with van der Waals surface area (Å²) in [6, 6.07) is 7.35. The van der Waals surface area contributed by atoms with Gasteiger partial charge in [0.2, 0.25) is 0 Å². The average Bonchev–Trinajstić information content (AvgIpc) is 2.36. The van der Waals surface area contributed by atoms with Crippen LogP contribution in [0.5, 0.6) is 0 Å². The van der Waals surface area contributed by atoms with Gasteiger partial charge in [0.05, 0.1) is 6.54 Å². The number of hydrogen-bond donors (Lipinski definition) is 2. The molecule has 19 heavy (non-hydrogen) atoms. The van der Waals surface area contributed by atoms with Crippen LogP contribution >= 0.6 is 0 Å². The number of amides is 2. The number of urea groups is 1. The van der Waals surface area contributed by atoms with E-state index < -0.39 is 6.29 Å². The molecule has 0 saturated heterocycles. The lowest BCUT2D eigenvalue weighted by atomic mass is 10.2. The zero-order valence-corrected chi connectivity index (χ0v) is 11.7. The molecule has 0 saturated carbocycles. The van der Waals surface area contributed by atoms with Crippen molar-refractivity contribution in [2.45, 2.75) is 27.1 Å². The van der Waals surface area contributed by atoms with E-state index in [1.165, 1.54) is 0 Å². The normalized spacial score (nSPS) is 10.5. The summed E-state index contributed by atoms with van der Waals surface area (Å²) in [5.74, 6) is 0. The number of carbonyl (C=O) groups excluding carboxylic acids is 1. The van der Waals surface area contributed by atoms with E-state index in [1.54, 1.807) is 0 Å². The fourth-order valence-electron chi connectivity index (χ4n) is 1.61.